The third-order valence-electron chi connectivity index (χ3n) is 6.60. The molecule has 2 N–H and O–H groups in total. The van der Waals surface area contributed by atoms with Crippen LogP contribution in [0.3, 0.4) is 0 Å². The van der Waals surface area contributed by atoms with E-state index in [1.54, 1.807) is 38.4 Å². The van der Waals surface area contributed by atoms with Crippen LogP contribution in [0.4, 0.5) is 4.39 Å². The van der Waals surface area contributed by atoms with Crippen LogP contribution in [0.5, 0.6) is 0 Å². The van der Waals surface area contributed by atoms with E-state index in [0.29, 0.717) is 68.4 Å². The van der Waals surface area contributed by atoms with Crippen molar-refractivity contribution in [2.24, 2.45) is 7.05 Å². The van der Waals surface area contributed by atoms with E-state index in [1.807, 2.05) is 24.3 Å². The van der Waals surface area contributed by atoms with Crippen LogP contribution in [-0.2, 0) is 11.8 Å². The summed E-state index contributed by atoms with van der Waals surface area (Å²) < 4.78 is 17.8. The largest absolute Gasteiger partial charge is 0.336 e. The average Bonchev–Trinajstić information content (AvgIpc) is 3.64. The van der Waals surface area contributed by atoms with Gasteiger partial charge in [0.2, 0.25) is 5.91 Å². The molecule has 0 aliphatic heterocycles. The number of ketones is 1. The summed E-state index contributed by atoms with van der Waals surface area (Å²) in [4.78, 5) is 42.3. The number of Topliss-reactive ketones (excluding diaryl/α,β-unsaturated/α-hetero) is 1. The predicted molar refractivity (Wildman–Crippen MR) is 153 cm³/mol. The van der Waals surface area contributed by atoms with Crippen molar-refractivity contribution in [1.82, 2.24) is 35.0 Å². The van der Waals surface area contributed by atoms with E-state index in [0.717, 1.165) is 4.88 Å². The molecule has 11 heteroatoms. The van der Waals surface area contributed by atoms with Gasteiger partial charge in [-0.2, -0.15) is 5.10 Å². The van der Waals surface area contributed by atoms with Gasteiger partial charge in [-0.05, 0) is 49.3 Å². The maximum Gasteiger partial charge on any atom is 0.224 e. The molecule has 5 aromatic rings. The van der Waals surface area contributed by atoms with Crippen molar-refractivity contribution in [1.29, 1.82) is 0 Å². The number of amides is 1. The fourth-order valence-electron chi connectivity index (χ4n) is 4.61. The lowest BCUT2D eigenvalue weighted by Gasteiger charge is -2.08. The van der Waals surface area contributed by atoms with Crippen molar-refractivity contribution in [2.45, 2.75) is 26.7 Å². The van der Waals surface area contributed by atoms with Gasteiger partial charge in [-0.25, -0.2) is 19.0 Å². The number of aromatic amines is 1. The Morgan fingerprint density at radius 1 is 1.20 bits per heavy atom. The Labute approximate surface area is 232 Å². The number of carbonyl (C=O) groups is 2. The van der Waals surface area contributed by atoms with Crippen LogP contribution in [0.15, 0.2) is 60.6 Å². The number of nitrogens with one attached hydrogen (secondary N) is 2. The number of carbonyl (C=O) groups excluding carboxylic acids is 2. The maximum atomic E-state index is 16.3. The quantitative estimate of drug-likeness (QED) is 0.259. The average molecular weight is 554 g/mol. The summed E-state index contributed by atoms with van der Waals surface area (Å²) in [6.45, 7) is 3.30. The van der Waals surface area contributed by atoms with Crippen molar-refractivity contribution in [3.05, 3.63) is 76.9 Å². The van der Waals surface area contributed by atoms with Crippen molar-refractivity contribution >= 4 is 50.7 Å². The van der Waals surface area contributed by atoms with E-state index >= 15 is 4.39 Å². The van der Waals surface area contributed by atoms with E-state index in [9.17, 15) is 9.59 Å². The number of imidazole rings is 1. The third kappa shape index (κ3) is 4.43. The monoisotopic (exact) mass is 553 g/mol. The van der Waals surface area contributed by atoms with Crippen molar-refractivity contribution in [3.63, 3.8) is 0 Å². The number of nitrogens with zero attached hydrogens (tertiary/aromatic N) is 5. The minimum atomic E-state index is -0.484. The number of allylic oxidation sites excluding steroid dienone is 5. The zero-order valence-electron chi connectivity index (χ0n) is 21.9. The lowest BCUT2D eigenvalue weighted by Crippen LogP contribution is -2.20. The highest BCUT2D eigenvalue weighted by atomic mass is 32.1. The summed E-state index contributed by atoms with van der Waals surface area (Å²) in [6, 6.07) is 5.42. The highest BCUT2D eigenvalue weighted by molar-refractivity contribution is 7.17. The molecule has 0 atom stereocenters. The molecule has 0 fully saturated rings. The van der Waals surface area contributed by atoms with E-state index in [4.69, 9.17) is 4.98 Å². The number of hydrogen-bond acceptors (Lipinski definition) is 7. The fourth-order valence-corrected chi connectivity index (χ4v) is 5.51. The first-order valence-corrected chi connectivity index (χ1v) is 13.5. The standard InChI is InChI=1S/C29H24FN7O2S/c1-4-22(39)33-17-8-6-5-7-16(13-17)18-14-32-29-23(24(18)30)27(36-37(29)3)28-34-19-11-12-31-26(25(19)35-28)21-10-9-20(40-21)15(2)38/h6-14H,4-5H2,1-3H3,(H,33,39)(H,34,35). The second-order valence-corrected chi connectivity index (χ2v) is 10.4. The minimum absolute atomic E-state index is 0.0147. The molecule has 1 aliphatic rings. The normalized spacial score (nSPS) is 13.4. The summed E-state index contributed by atoms with van der Waals surface area (Å²) in [7, 11) is 1.70. The van der Waals surface area contributed by atoms with Crippen LogP contribution < -0.4 is 5.32 Å². The summed E-state index contributed by atoms with van der Waals surface area (Å²) in [5.41, 5.74) is 4.09. The van der Waals surface area contributed by atoms with Crippen LogP contribution >= 0.6 is 11.3 Å². The van der Waals surface area contributed by atoms with Gasteiger partial charge in [-0.1, -0.05) is 19.1 Å². The maximum absolute atomic E-state index is 16.3. The highest BCUT2D eigenvalue weighted by Gasteiger charge is 2.23. The second-order valence-electron chi connectivity index (χ2n) is 9.32. The Balaban J connectivity index is 1.47. The molecule has 0 radical (unpaired) electrons. The molecule has 40 heavy (non-hydrogen) atoms. The molecule has 5 heterocycles. The summed E-state index contributed by atoms with van der Waals surface area (Å²) in [5, 5.41) is 7.64. The van der Waals surface area contributed by atoms with Gasteiger partial charge in [0.1, 0.15) is 22.7 Å². The number of pyridine rings is 2. The molecule has 1 aliphatic carbocycles. The smallest absolute Gasteiger partial charge is 0.224 e. The third-order valence-corrected chi connectivity index (χ3v) is 7.79. The van der Waals surface area contributed by atoms with Gasteiger partial charge in [0, 0.05) is 37.1 Å². The van der Waals surface area contributed by atoms with Crippen LogP contribution in [0.2, 0.25) is 0 Å². The Kier molecular flexibility index (Phi) is 6.43. The summed E-state index contributed by atoms with van der Waals surface area (Å²) in [5.74, 6) is -0.250. The van der Waals surface area contributed by atoms with Gasteiger partial charge in [-0.15, -0.1) is 11.3 Å². The number of aromatic nitrogens is 6. The number of aryl methyl sites for hydroxylation is 1. The molecule has 0 aromatic carbocycles. The predicted octanol–water partition coefficient (Wildman–Crippen LogP) is 5.73. The zero-order valence-corrected chi connectivity index (χ0v) is 22.8. The van der Waals surface area contributed by atoms with E-state index < -0.39 is 5.82 Å². The fraction of sp³-hybridized carbons (Fsp3) is 0.172. The van der Waals surface area contributed by atoms with Gasteiger partial charge in [0.15, 0.2) is 17.3 Å². The Morgan fingerprint density at radius 3 is 2.83 bits per heavy atom. The molecular formula is C29H24FN7O2S. The molecule has 5 aromatic heterocycles. The molecule has 0 unspecified atom stereocenters. The van der Waals surface area contributed by atoms with Crippen molar-refractivity contribution < 1.29 is 14.0 Å². The summed E-state index contributed by atoms with van der Waals surface area (Å²) in [6.07, 6.45) is 11.4. The Hall–Kier alpha value is -4.77. The van der Waals surface area contributed by atoms with Crippen LogP contribution in [0, 0.1) is 5.82 Å². The molecule has 0 saturated heterocycles. The van der Waals surface area contributed by atoms with Crippen molar-refractivity contribution in [2.75, 3.05) is 0 Å². The molecule has 200 valence electrons. The number of hydrogen-bond donors (Lipinski definition) is 2. The van der Waals surface area contributed by atoms with Crippen molar-refractivity contribution in [3.8, 4) is 22.1 Å². The number of rotatable bonds is 6. The van der Waals surface area contributed by atoms with E-state index in [2.05, 4.69) is 25.4 Å². The molecule has 0 saturated carbocycles. The van der Waals surface area contributed by atoms with Gasteiger partial charge in [-0.3, -0.25) is 14.6 Å². The van der Waals surface area contributed by atoms with Gasteiger partial charge >= 0.3 is 0 Å². The van der Waals surface area contributed by atoms with E-state index in [-0.39, 0.29) is 17.1 Å². The molecule has 9 nitrogen and oxygen atoms in total. The Bertz CT molecular complexity index is 1930. The summed E-state index contributed by atoms with van der Waals surface area (Å²) >= 11 is 1.35. The van der Waals surface area contributed by atoms with Gasteiger partial charge < -0.3 is 10.3 Å². The molecular weight excluding hydrogens is 529 g/mol. The number of halogens is 1. The van der Waals surface area contributed by atoms with Gasteiger partial charge in [0.05, 0.1) is 20.7 Å². The van der Waals surface area contributed by atoms with Gasteiger partial charge in [0.25, 0.3) is 0 Å². The van der Waals surface area contributed by atoms with Crippen LogP contribution in [-0.4, -0.2) is 41.4 Å². The highest BCUT2D eigenvalue weighted by Crippen LogP contribution is 2.36. The number of H-pyrrole nitrogens is 1. The number of thiophene rings is 1. The van der Waals surface area contributed by atoms with Crippen LogP contribution in [0.25, 0.3) is 49.7 Å². The SMILES string of the molecule is CCC(=O)NC1=CC(c2cnc3c(c(-c4nc5c(-c6ccc(C(C)=O)s6)nccc5[nH]4)nn3C)c2F)=CCC=C1. The first-order chi connectivity index (χ1) is 19.3. The zero-order chi connectivity index (χ0) is 28.0. The first kappa shape index (κ1) is 25.5. The Morgan fingerprint density at radius 2 is 2.05 bits per heavy atom. The van der Waals surface area contributed by atoms with Crippen LogP contribution in [0.1, 0.15) is 41.9 Å². The first-order valence-electron chi connectivity index (χ1n) is 12.7. The lowest BCUT2D eigenvalue weighted by atomic mass is 10.0. The second kappa shape index (κ2) is 10.1. The molecule has 6 rings (SSSR count). The molecule has 1 amide bonds. The topological polar surface area (TPSA) is 118 Å². The lowest BCUT2D eigenvalue weighted by molar-refractivity contribution is -0.120. The molecule has 0 spiro atoms. The van der Waals surface area contributed by atoms with E-state index in [1.165, 1.54) is 29.1 Å². The molecule has 0 bridgehead atoms. The minimum Gasteiger partial charge on any atom is -0.336 e. The number of fused-ring (bicyclic) bond motifs is 2.